The minimum absolute atomic E-state index is 0.0217. The van der Waals surface area contributed by atoms with Gasteiger partial charge in [0, 0.05) is 29.0 Å². The maximum Gasteiger partial charge on any atom is 0.0778 e. The normalized spacial score (nSPS) is 12.4. The first-order valence-corrected chi connectivity index (χ1v) is 6.53. The number of aromatic nitrogens is 2. The van der Waals surface area contributed by atoms with Gasteiger partial charge in [-0.05, 0) is 35.0 Å². The maximum absolute atomic E-state index is 9.55. The second-order valence-corrected chi connectivity index (χ2v) is 5.06. The maximum atomic E-state index is 9.55. The second kappa shape index (κ2) is 5.54. The van der Waals surface area contributed by atoms with Crippen molar-refractivity contribution in [2.24, 2.45) is 7.05 Å². The van der Waals surface area contributed by atoms with Gasteiger partial charge in [-0.25, -0.2) is 0 Å². The molecule has 1 aromatic heterocycles. The van der Waals surface area contributed by atoms with E-state index in [0.29, 0.717) is 0 Å². The molecule has 0 aliphatic carbocycles. The van der Waals surface area contributed by atoms with Crippen molar-refractivity contribution >= 4 is 21.6 Å². The number of nitrogens with zero attached hydrogens (tertiary/aromatic N) is 2. The average Bonchev–Trinajstić information content (AvgIpc) is 2.67. The Morgan fingerprint density at radius 3 is 2.72 bits per heavy atom. The summed E-state index contributed by atoms with van der Waals surface area (Å²) in [7, 11) is 1.88. The number of para-hydroxylation sites is 1. The van der Waals surface area contributed by atoms with Gasteiger partial charge in [-0.2, -0.15) is 5.10 Å². The second-order valence-electron chi connectivity index (χ2n) is 4.20. The highest BCUT2D eigenvalue weighted by molar-refractivity contribution is 9.10. The van der Waals surface area contributed by atoms with E-state index in [-0.39, 0.29) is 12.6 Å². The molecule has 0 saturated heterocycles. The van der Waals surface area contributed by atoms with Crippen LogP contribution < -0.4 is 5.32 Å². The lowest BCUT2D eigenvalue weighted by Crippen LogP contribution is -2.15. The Bertz CT molecular complexity index is 539. The van der Waals surface area contributed by atoms with Crippen LogP contribution in [0.4, 0.5) is 5.69 Å². The lowest BCUT2D eigenvalue weighted by Gasteiger charge is -2.18. The fraction of sp³-hybridized carbons (Fsp3) is 0.308. The number of hydrogen-bond acceptors (Lipinski definition) is 3. The molecular formula is C13H16BrN3O. The van der Waals surface area contributed by atoms with Gasteiger partial charge in [-0.15, -0.1) is 0 Å². The van der Waals surface area contributed by atoms with E-state index in [2.05, 4.69) is 26.3 Å². The van der Waals surface area contributed by atoms with E-state index in [1.165, 1.54) is 0 Å². The van der Waals surface area contributed by atoms with Crippen molar-refractivity contribution < 1.29 is 5.11 Å². The van der Waals surface area contributed by atoms with Crippen molar-refractivity contribution in [2.45, 2.75) is 13.0 Å². The number of aliphatic hydroxyl groups excluding tert-OH is 1. The number of hydrogen-bond donors (Lipinski definition) is 2. The summed E-state index contributed by atoms with van der Waals surface area (Å²) < 4.78 is 2.74. The first-order chi connectivity index (χ1) is 8.61. The summed E-state index contributed by atoms with van der Waals surface area (Å²) >= 11 is 3.49. The van der Waals surface area contributed by atoms with Crippen LogP contribution in [-0.4, -0.2) is 21.5 Å². The number of benzene rings is 1. The molecule has 4 nitrogen and oxygen atoms in total. The molecule has 5 heteroatoms. The molecule has 2 aromatic rings. The number of nitrogens with one attached hydrogen (secondary N) is 1. The first-order valence-electron chi connectivity index (χ1n) is 5.74. The molecule has 1 unspecified atom stereocenters. The summed E-state index contributed by atoms with van der Waals surface area (Å²) in [6.45, 7) is 1.97. The Morgan fingerprint density at radius 2 is 2.17 bits per heavy atom. The summed E-state index contributed by atoms with van der Waals surface area (Å²) in [5, 5.41) is 17.2. The molecule has 0 saturated carbocycles. The molecule has 2 rings (SSSR count). The predicted molar refractivity (Wildman–Crippen MR) is 75.5 cm³/mol. The van der Waals surface area contributed by atoms with Crippen LogP contribution in [0.5, 0.6) is 0 Å². The quantitative estimate of drug-likeness (QED) is 0.913. The van der Waals surface area contributed by atoms with Crippen molar-refractivity contribution in [2.75, 3.05) is 11.9 Å². The van der Waals surface area contributed by atoms with Crippen LogP contribution in [0.15, 0.2) is 34.9 Å². The van der Waals surface area contributed by atoms with Gasteiger partial charge in [0.05, 0.1) is 18.3 Å². The summed E-state index contributed by atoms with van der Waals surface area (Å²) in [5.74, 6) is 0. The fourth-order valence-electron chi connectivity index (χ4n) is 1.95. The monoisotopic (exact) mass is 309 g/mol. The van der Waals surface area contributed by atoms with Crippen molar-refractivity contribution in [1.29, 1.82) is 0 Å². The molecular weight excluding hydrogens is 294 g/mol. The summed E-state index contributed by atoms with van der Waals surface area (Å²) in [4.78, 5) is 0. The van der Waals surface area contributed by atoms with Gasteiger partial charge in [0.1, 0.15) is 0 Å². The minimum Gasteiger partial charge on any atom is -0.394 e. The van der Waals surface area contributed by atoms with Crippen molar-refractivity contribution in [3.05, 3.63) is 46.2 Å². The molecule has 1 heterocycles. The molecule has 0 fully saturated rings. The third-order valence-electron chi connectivity index (χ3n) is 2.81. The van der Waals surface area contributed by atoms with E-state index in [4.69, 9.17) is 0 Å². The van der Waals surface area contributed by atoms with E-state index in [9.17, 15) is 5.11 Å². The fourth-order valence-corrected chi connectivity index (χ4v) is 2.35. The van der Waals surface area contributed by atoms with E-state index >= 15 is 0 Å². The lowest BCUT2D eigenvalue weighted by atomic mass is 10.1. The largest absolute Gasteiger partial charge is 0.394 e. The van der Waals surface area contributed by atoms with Gasteiger partial charge >= 0.3 is 0 Å². The zero-order chi connectivity index (χ0) is 13.1. The Morgan fingerprint density at radius 1 is 1.44 bits per heavy atom. The summed E-state index contributed by atoms with van der Waals surface area (Å²) in [6.07, 6.45) is 1.93. The third kappa shape index (κ3) is 2.73. The summed E-state index contributed by atoms with van der Waals surface area (Å²) in [6, 6.07) is 7.69. The highest BCUT2D eigenvalue weighted by Crippen LogP contribution is 2.27. The van der Waals surface area contributed by atoms with Crippen molar-refractivity contribution in [3.63, 3.8) is 0 Å². The topological polar surface area (TPSA) is 50.1 Å². The van der Waals surface area contributed by atoms with Crippen LogP contribution in [0.1, 0.15) is 17.3 Å². The van der Waals surface area contributed by atoms with Crippen LogP contribution in [0, 0.1) is 6.92 Å². The number of aliphatic hydroxyl groups is 1. The zero-order valence-electron chi connectivity index (χ0n) is 10.4. The molecule has 0 radical (unpaired) electrons. The zero-order valence-corrected chi connectivity index (χ0v) is 12.0. The first kappa shape index (κ1) is 13.1. The van der Waals surface area contributed by atoms with E-state index in [0.717, 1.165) is 21.4 Å². The Labute approximate surface area is 115 Å². The van der Waals surface area contributed by atoms with Gasteiger partial charge in [0.15, 0.2) is 0 Å². The van der Waals surface area contributed by atoms with Gasteiger partial charge in [0.25, 0.3) is 0 Å². The molecule has 1 aromatic carbocycles. The van der Waals surface area contributed by atoms with Gasteiger partial charge in [-0.3, -0.25) is 4.68 Å². The molecule has 0 amide bonds. The Balaban J connectivity index is 2.25. The number of aryl methyl sites for hydroxylation is 2. The molecule has 96 valence electrons. The summed E-state index contributed by atoms with van der Waals surface area (Å²) in [5.41, 5.74) is 2.90. The van der Waals surface area contributed by atoms with Gasteiger partial charge in [0.2, 0.25) is 0 Å². The average molecular weight is 310 g/mol. The van der Waals surface area contributed by atoms with Crippen LogP contribution in [0.25, 0.3) is 0 Å². The smallest absolute Gasteiger partial charge is 0.0778 e. The Kier molecular flexibility index (Phi) is 4.04. The van der Waals surface area contributed by atoms with Crippen molar-refractivity contribution in [1.82, 2.24) is 9.78 Å². The lowest BCUT2D eigenvalue weighted by molar-refractivity contribution is 0.276. The van der Waals surface area contributed by atoms with Crippen LogP contribution in [0.2, 0.25) is 0 Å². The molecule has 18 heavy (non-hydrogen) atoms. The highest BCUT2D eigenvalue weighted by Gasteiger charge is 2.16. The third-order valence-corrected chi connectivity index (χ3v) is 3.50. The van der Waals surface area contributed by atoms with Crippen LogP contribution in [-0.2, 0) is 7.05 Å². The van der Waals surface area contributed by atoms with Crippen LogP contribution in [0.3, 0.4) is 0 Å². The van der Waals surface area contributed by atoms with Crippen LogP contribution >= 0.6 is 15.9 Å². The minimum atomic E-state index is -0.155. The molecule has 1 atom stereocenters. The van der Waals surface area contributed by atoms with E-state index in [1.54, 1.807) is 4.68 Å². The number of rotatable bonds is 4. The molecule has 0 spiro atoms. The molecule has 0 aliphatic rings. The number of halogens is 1. The van der Waals surface area contributed by atoms with Crippen molar-refractivity contribution in [3.8, 4) is 0 Å². The van der Waals surface area contributed by atoms with E-state index < -0.39 is 0 Å². The standard InChI is InChI=1S/C13H16BrN3O/c1-9-10(7-17(2)16-9)13(8-18)15-12-6-4-3-5-11(12)14/h3-7,13,15,18H,8H2,1-2H3. The Hall–Kier alpha value is -1.33. The SMILES string of the molecule is Cc1nn(C)cc1C(CO)Nc1ccccc1Br. The number of anilines is 1. The molecule has 0 aliphatic heterocycles. The molecule has 0 bridgehead atoms. The van der Waals surface area contributed by atoms with Gasteiger partial charge in [-0.1, -0.05) is 12.1 Å². The van der Waals surface area contributed by atoms with Gasteiger partial charge < -0.3 is 10.4 Å². The predicted octanol–water partition coefficient (Wildman–Crippen LogP) is 2.64. The van der Waals surface area contributed by atoms with E-state index in [1.807, 2.05) is 44.4 Å². The highest BCUT2D eigenvalue weighted by atomic mass is 79.9. The molecule has 2 N–H and O–H groups in total.